The van der Waals surface area contributed by atoms with E-state index >= 15 is 0 Å². The van der Waals surface area contributed by atoms with Crippen molar-refractivity contribution in [3.63, 3.8) is 0 Å². The maximum absolute atomic E-state index is 5.95. The first kappa shape index (κ1) is 14.4. The number of aryl methyl sites for hydroxylation is 1. The van der Waals surface area contributed by atoms with Crippen LogP contribution in [0.3, 0.4) is 0 Å². The van der Waals surface area contributed by atoms with Crippen molar-refractivity contribution in [3.05, 3.63) is 59.7 Å². The normalized spacial score (nSPS) is 11.9. The minimum Gasteiger partial charge on any atom is -0.494 e. The number of ether oxygens (including phenoxy) is 1. The SMILES string of the molecule is CCOc1ccccc1C(CN)Nc1ccccc1C. The van der Waals surface area contributed by atoms with Gasteiger partial charge in [0.1, 0.15) is 5.75 Å². The molecule has 0 aliphatic rings. The summed E-state index contributed by atoms with van der Waals surface area (Å²) < 4.78 is 5.69. The molecule has 3 nitrogen and oxygen atoms in total. The van der Waals surface area contributed by atoms with E-state index in [2.05, 4.69) is 30.4 Å². The summed E-state index contributed by atoms with van der Waals surface area (Å²) in [5.74, 6) is 0.895. The van der Waals surface area contributed by atoms with Crippen LogP contribution in [-0.4, -0.2) is 13.2 Å². The largest absolute Gasteiger partial charge is 0.494 e. The zero-order valence-electron chi connectivity index (χ0n) is 12.1. The second-order valence-electron chi connectivity index (χ2n) is 4.72. The van der Waals surface area contributed by atoms with E-state index in [1.165, 1.54) is 5.56 Å². The molecule has 1 atom stereocenters. The fourth-order valence-corrected chi connectivity index (χ4v) is 2.24. The van der Waals surface area contributed by atoms with Gasteiger partial charge in [-0.15, -0.1) is 0 Å². The van der Waals surface area contributed by atoms with Gasteiger partial charge >= 0.3 is 0 Å². The number of hydrogen-bond acceptors (Lipinski definition) is 3. The van der Waals surface area contributed by atoms with Crippen molar-refractivity contribution in [2.75, 3.05) is 18.5 Å². The predicted octanol–water partition coefficient (Wildman–Crippen LogP) is 3.51. The van der Waals surface area contributed by atoms with Gasteiger partial charge in [0.05, 0.1) is 12.6 Å². The smallest absolute Gasteiger partial charge is 0.124 e. The van der Waals surface area contributed by atoms with Crippen LogP contribution in [0, 0.1) is 6.92 Å². The van der Waals surface area contributed by atoms with Crippen LogP contribution in [0.15, 0.2) is 48.5 Å². The standard InChI is InChI=1S/C17H22N2O/c1-3-20-17-11-7-5-9-14(17)16(12-18)19-15-10-6-4-8-13(15)2/h4-11,16,19H,3,12,18H2,1-2H3. The van der Waals surface area contributed by atoms with E-state index in [-0.39, 0.29) is 6.04 Å². The van der Waals surface area contributed by atoms with Gasteiger partial charge in [-0.2, -0.15) is 0 Å². The Morgan fingerprint density at radius 3 is 2.50 bits per heavy atom. The van der Waals surface area contributed by atoms with Crippen molar-refractivity contribution in [3.8, 4) is 5.75 Å². The van der Waals surface area contributed by atoms with Crippen LogP contribution in [0.5, 0.6) is 5.75 Å². The lowest BCUT2D eigenvalue weighted by Gasteiger charge is -2.22. The maximum Gasteiger partial charge on any atom is 0.124 e. The van der Waals surface area contributed by atoms with Crippen molar-refractivity contribution in [2.24, 2.45) is 5.73 Å². The Morgan fingerprint density at radius 1 is 1.10 bits per heavy atom. The van der Waals surface area contributed by atoms with Gasteiger partial charge in [-0.1, -0.05) is 36.4 Å². The van der Waals surface area contributed by atoms with Gasteiger partial charge in [0.15, 0.2) is 0 Å². The van der Waals surface area contributed by atoms with E-state index in [4.69, 9.17) is 10.5 Å². The van der Waals surface area contributed by atoms with Crippen LogP contribution < -0.4 is 15.8 Å². The second-order valence-corrected chi connectivity index (χ2v) is 4.72. The maximum atomic E-state index is 5.95. The fourth-order valence-electron chi connectivity index (χ4n) is 2.24. The molecule has 1 unspecified atom stereocenters. The summed E-state index contributed by atoms with van der Waals surface area (Å²) in [6.07, 6.45) is 0. The molecule has 0 aliphatic heterocycles. The molecule has 2 aromatic carbocycles. The van der Waals surface area contributed by atoms with Gasteiger partial charge in [0.2, 0.25) is 0 Å². The van der Waals surface area contributed by atoms with Crippen molar-refractivity contribution in [2.45, 2.75) is 19.9 Å². The number of rotatable bonds is 6. The highest BCUT2D eigenvalue weighted by Gasteiger charge is 2.15. The molecule has 20 heavy (non-hydrogen) atoms. The van der Waals surface area contributed by atoms with Crippen LogP contribution in [-0.2, 0) is 0 Å². The minimum atomic E-state index is 0.0406. The Labute approximate surface area is 120 Å². The minimum absolute atomic E-state index is 0.0406. The first-order valence-corrected chi connectivity index (χ1v) is 7.00. The summed E-state index contributed by atoms with van der Waals surface area (Å²) in [5, 5.41) is 3.51. The zero-order valence-corrected chi connectivity index (χ0v) is 12.1. The average Bonchev–Trinajstić information content (AvgIpc) is 2.48. The first-order valence-electron chi connectivity index (χ1n) is 7.00. The van der Waals surface area contributed by atoms with E-state index in [1.807, 2.05) is 37.3 Å². The highest BCUT2D eigenvalue weighted by molar-refractivity contribution is 5.53. The molecule has 0 spiro atoms. The molecule has 0 heterocycles. The molecule has 0 aromatic heterocycles. The number of anilines is 1. The topological polar surface area (TPSA) is 47.3 Å². The molecule has 2 aromatic rings. The van der Waals surface area contributed by atoms with Gasteiger partial charge in [0, 0.05) is 17.8 Å². The van der Waals surface area contributed by atoms with E-state index < -0.39 is 0 Å². The molecule has 2 rings (SSSR count). The fraction of sp³-hybridized carbons (Fsp3) is 0.294. The van der Waals surface area contributed by atoms with Crippen LogP contribution >= 0.6 is 0 Å². The molecule has 0 aliphatic carbocycles. The molecule has 0 saturated carbocycles. The van der Waals surface area contributed by atoms with Gasteiger partial charge in [-0.05, 0) is 31.5 Å². The highest BCUT2D eigenvalue weighted by atomic mass is 16.5. The molecule has 3 heteroatoms. The summed E-state index contributed by atoms with van der Waals surface area (Å²) in [5.41, 5.74) is 9.36. The Balaban J connectivity index is 2.27. The van der Waals surface area contributed by atoms with Crippen LogP contribution in [0.25, 0.3) is 0 Å². The molecule has 0 saturated heterocycles. The number of nitrogens with two attached hydrogens (primary N) is 1. The molecule has 106 valence electrons. The van der Waals surface area contributed by atoms with E-state index in [0.717, 1.165) is 17.0 Å². The van der Waals surface area contributed by atoms with Crippen molar-refractivity contribution in [1.29, 1.82) is 0 Å². The Bertz CT molecular complexity index is 554. The molecule has 0 amide bonds. The Hall–Kier alpha value is -2.00. The van der Waals surface area contributed by atoms with Gasteiger partial charge in [-0.3, -0.25) is 0 Å². The molecule has 0 fully saturated rings. The predicted molar refractivity (Wildman–Crippen MR) is 84.2 cm³/mol. The van der Waals surface area contributed by atoms with E-state index in [0.29, 0.717) is 13.2 Å². The van der Waals surface area contributed by atoms with Crippen molar-refractivity contribution in [1.82, 2.24) is 0 Å². The third-order valence-electron chi connectivity index (χ3n) is 3.30. The third kappa shape index (κ3) is 3.31. The van der Waals surface area contributed by atoms with Crippen LogP contribution in [0.4, 0.5) is 5.69 Å². The van der Waals surface area contributed by atoms with Gasteiger partial charge in [0.25, 0.3) is 0 Å². The Kier molecular flexibility index (Phi) is 5.02. The molecule has 0 bridgehead atoms. The summed E-state index contributed by atoms with van der Waals surface area (Å²) in [6, 6.07) is 16.3. The summed E-state index contributed by atoms with van der Waals surface area (Å²) in [7, 11) is 0. The molecule has 0 radical (unpaired) electrons. The van der Waals surface area contributed by atoms with E-state index in [1.54, 1.807) is 0 Å². The lowest BCUT2D eigenvalue weighted by molar-refractivity contribution is 0.335. The Morgan fingerprint density at radius 2 is 1.80 bits per heavy atom. The number of nitrogens with one attached hydrogen (secondary N) is 1. The van der Waals surface area contributed by atoms with Crippen molar-refractivity contribution >= 4 is 5.69 Å². The second kappa shape index (κ2) is 6.96. The third-order valence-corrected chi connectivity index (χ3v) is 3.30. The molecule has 3 N–H and O–H groups in total. The van der Waals surface area contributed by atoms with Crippen LogP contribution in [0.1, 0.15) is 24.1 Å². The zero-order chi connectivity index (χ0) is 14.4. The quantitative estimate of drug-likeness (QED) is 0.844. The molecular formula is C17H22N2O. The van der Waals surface area contributed by atoms with Gasteiger partial charge in [-0.25, -0.2) is 0 Å². The van der Waals surface area contributed by atoms with Crippen LogP contribution in [0.2, 0.25) is 0 Å². The summed E-state index contributed by atoms with van der Waals surface area (Å²) in [4.78, 5) is 0. The first-order chi connectivity index (χ1) is 9.76. The lowest BCUT2D eigenvalue weighted by atomic mass is 10.0. The van der Waals surface area contributed by atoms with E-state index in [9.17, 15) is 0 Å². The summed E-state index contributed by atoms with van der Waals surface area (Å²) >= 11 is 0. The summed E-state index contributed by atoms with van der Waals surface area (Å²) in [6.45, 7) is 5.24. The number of hydrogen-bond donors (Lipinski definition) is 2. The number of para-hydroxylation sites is 2. The van der Waals surface area contributed by atoms with Crippen molar-refractivity contribution < 1.29 is 4.74 Å². The average molecular weight is 270 g/mol. The highest BCUT2D eigenvalue weighted by Crippen LogP contribution is 2.28. The molecular weight excluding hydrogens is 248 g/mol. The monoisotopic (exact) mass is 270 g/mol. The van der Waals surface area contributed by atoms with Gasteiger partial charge < -0.3 is 15.8 Å². The lowest BCUT2D eigenvalue weighted by Crippen LogP contribution is -2.21. The number of benzene rings is 2.